The number of rotatable bonds is 60. The van der Waals surface area contributed by atoms with Crippen LogP contribution in [0.25, 0.3) is 0 Å². The Kier molecular flexibility index (Phi) is 62.2. The zero-order valence-electron chi connectivity index (χ0n) is 51.0. The molecule has 0 amide bonds. The van der Waals surface area contributed by atoms with E-state index in [1.807, 2.05) is 0 Å². The van der Waals surface area contributed by atoms with Crippen molar-refractivity contribution in [1.29, 1.82) is 0 Å². The van der Waals surface area contributed by atoms with E-state index in [0.717, 1.165) is 89.9 Å². The summed E-state index contributed by atoms with van der Waals surface area (Å²) in [5.74, 6) is -0.910. The predicted molar refractivity (Wildman–Crippen MR) is 334 cm³/mol. The molecule has 0 heterocycles. The Labute approximate surface area is 477 Å². The van der Waals surface area contributed by atoms with Gasteiger partial charge in [-0.15, -0.1) is 0 Å². The summed E-state index contributed by atoms with van der Waals surface area (Å²) in [6.45, 7) is 6.59. The Morgan fingerprint density at radius 3 is 0.779 bits per heavy atom. The molecule has 0 N–H and O–H groups in total. The summed E-state index contributed by atoms with van der Waals surface area (Å²) in [6, 6.07) is 0. The van der Waals surface area contributed by atoms with E-state index in [-0.39, 0.29) is 31.1 Å². The van der Waals surface area contributed by atoms with E-state index in [1.54, 1.807) is 0 Å². The Bertz CT molecular complexity index is 1470. The maximum Gasteiger partial charge on any atom is 0.306 e. The highest BCUT2D eigenvalue weighted by molar-refractivity contribution is 5.71. The minimum Gasteiger partial charge on any atom is -0.462 e. The number of ether oxygens (including phenoxy) is 3. The lowest BCUT2D eigenvalue weighted by molar-refractivity contribution is -0.167. The molecule has 6 nitrogen and oxygen atoms in total. The third kappa shape index (κ3) is 63.3. The van der Waals surface area contributed by atoms with Crippen LogP contribution in [0, 0.1) is 0 Å². The molecule has 0 unspecified atom stereocenters. The van der Waals surface area contributed by atoms with Crippen molar-refractivity contribution in [2.24, 2.45) is 0 Å². The van der Waals surface area contributed by atoms with Crippen molar-refractivity contribution >= 4 is 17.9 Å². The lowest BCUT2D eigenvalue weighted by atomic mass is 10.0. The summed E-state index contributed by atoms with van der Waals surface area (Å²) in [6.07, 6.45) is 85.8. The molecule has 1 atom stereocenters. The van der Waals surface area contributed by atoms with Crippen LogP contribution < -0.4 is 0 Å². The van der Waals surface area contributed by atoms with Crippen LogP contribution in [0.5, 0.6) is 0 Å². The highest BCUT2D eigenvalue weighted by atomic mass is 16.6. The van der Waals surface area contributed by atoms with Crippen molar-refractivity contribution < 1.29 is 28.6 Å². The fraction of sp³-hybridized carbons (Fsp3) is 0.761. The van der Waals surface area contributed by atoms with Gasteiger partial charge >= 0.3 is 17.9 Å². The molecule has 444 valence electrons. The predicted octanol–water partition coefficient (Wildman–Crippen LogP) is 22.7. The van der Waals surface area contributed by atoms with Crippen LogP contribution in [0.3, 0.4) is 0 Å². The number of allylic oxidation sites excluding steroid dienone is 14. The molecule has 0 aromatic rings. The Balaban J connectivity index is 4.43. The largest absolute Gasteiger partial charge is 0.462 e. The summed E-state index contributed by atoms with van der Waals surface area (Å²) >= 11 is 0. The first-order valence-electron chi connectivity index (χ1n) is 33.1. The van der Waals surface area contributed by atoms with Crippen molar-refractivity contribution in [3.05, 3.63) is 85.1 Å². The first-order valence-corrected chi connectivity index (χ1v) is 33.1. The molecular formula is C71H124O6. The van der Waals surface area contributed by atoms with Crippen molar-refractivity contribution in [3.63, 3.8) is 0 Å². The molecule has 0 aromatic carbocycles. The standard InChI is InChI=1S/C71H124O6/c1-4-7-10-13-16-19-22-25-28-31-34-35-38-41-44-47-50-53-56-59-62-65-71(74)77-68(66-75-69(72)63-60-57-54-51-48-45-42-39-36-32-29-26-23-20-17-14-11-8-5-2)67-76-70(73)64-61-58-55-52-49-46-43-40-37-33-30-27-24-21-18-15-12-9-6-3/h17-18,20-21,25-30,36,39,45,48,68H,4-16,19,22-24,31-35,37-38,40-44,46-47,49-67H2,1-3H3/b20-17-,21-18-,28-25-,29-26-,30-27-,39-36-,48-45-/t68-/m1/s1. The second-order valence-electron chi connectivity index (χ2n) is 22.0. The third-order valence-electron chi connectivity index (χ3n) is 14.3. The average molecular weight is 1070 g/mol. The molecule has 0 aliphatic heterocycles. The normalized spacial score (nSPS) is 12.6. The SMILES string of the molecule is CCCCC/C=C\C/C=C\C/C=C\C/C=C\CCCCCC(=O)OC[C@H](COC(=O)CCCCCCCCCCC/C=C\C/C=C\CCCCC)OC(=O)CCCCCCCCCCCCC/C=C\CCCCCCCC. The summed E-state index contributed by atoms with van der Waals surface area (Å²) in [5, 5.41) is 0. The van der Waals surface area contributed by atoms with Crippen molar-refractivity contribution in [2.75, 3.05) is 13.2 Å². The Hall–Kier alpha value is -3.41. The average Bonchev–Trinajstić information content (AvgIpc) is 3.43. The third-order valence-corrected chi connectivity index (χ3v) is 14.3. The molecule has 0 fully saturated rings. The lowest BCUT2D eigenvalue weighted by Gasteiger charge is -2.18. The topological polar surface area (TPSA) is 78.9 Å². The molecule has 0 bridgehead atoms. The van der Waals surface area contributed by atoms with Gasteiger partial charge in [-0.25, -0.2) is 0 Å². The smallest absolute Gasteiger partial charge is 0.306 e. The molecule has 0 aliphatic carbocycles. The van der Waals surface area contributed by atoms with Crippen LogP contribution in [0.4, 0.5) is 0 Å². The number of carbonyl (C=O) groups is 3. The van der Waals surface area contributed by atoms with Gasteiger partial charge < -0.3 is 14.2 Å². The van der Waals surface area contributed by atoms with Crippen LogP contribution in [-0.4, -0.2) is 37.2 Å². The van der Waals surface area contributed by atoms with Gasteiger partial charge in [0.2, 0.25) is 0 Å². The summed E-state index contributed by atoms with van der Waals surface area (Å²) in [7, 11) is 0. The van der Waals surface area contributed by atoms with E-state index < -0.39 is 6.10 Å². The molecule has 0 saturated carbocycles. The van der Waals surface area contributed by atoms with E-state index >= 15 is 0 Å². The maximum atomic E-state index is 12.9. The van der Waals surface area contributed by atoms with Crippen molar-refractivity contribution in [3.8, 4) is 0 Å². The molecule has 6 heteroatoms. The van der Waals surface area contributed by atoms with Gasteiger partial charge in [0.15, 0.2) is 6.10 Å². The van der Waals surface area contributed by atoms with Crippen LogP contribution in [0.1, 0.15) is 329 Å². The zero-order chi connectivity index (χ0) is 55.7. The molecule has 0 aliphatic rings. The van der Waals surface area contributed by atoms with Crippen LogP contribution >= 0.6 is 0 Å². The van der Waals surface area contributed by atoms with Gasteiger partial charge in [-0.05, 0) is 122 Å². The van der Waals surface area contributed by atoms with Gasteiger partial charge in [0, 0.05) is 19.3 Å². The number of hydrogen-bond acceptors (Lipinski definition) is 6. The van der Waals surface area contributed by atoms with Crippen LogP contribution in [-0.2, 0) is 28.6 Å². The van der Waals surface area contributed by atoms with E-state index in [9.17, 15) is 14.4 Å². The minimum atomic E-state index is -0.794. The van der Waals surface area contributed by atoms with E-state index in [0.29, 0.717) is 19.3 Å². The monoisotopic (exact) mass is 1070 g/mol. The Morgan fingerprint density at radius 1 is 0.260 bits per heavy atom. The van der Waals surface area contributed by atoms with Crippen LogP contribution in [0.15, 0.2) is 85.1 Å². The highest BCUT2D eigenvalue weighted by Gasteiger charge is 2.19. The quantitative estimate of drug-likeness (QED) is 0.0261. The number of esters is 3. The molecule has 0 rings (SSSR count). The molecule has 0 radical (unpaired) electrons. The van der Waals surface area contributed by atoms with Gasteiger partial charge in [0.05, 0.1) is 0 Å². The Morgan fingerprint density at radius 2 is 0.468 bits per heavy atom. The van der Waals surface area contributed by atoms with E-state index in [4.69, 9.17) is 14.2 Å². The summed E-state index contributed by atoms with van der Waals surface area (Å²) < 4.78 is 16.9. The highest BCUT2D eigenvalue weighted by Crippen LogP contribution is 2.16. The minimum absolute atomic E-state index is 0.0880. The first kappa shape index (κ1) is 73.6. The number of unbranched alkanes of at least 4 members (excludes halogenated alkanes) is 35. The molecule has 0 spiro atoms. The summed E-state index contributed by atoms with van der Waals surface area (Å²) in [4.78, 5) is 38.4. The first-order chi connectivity index (χ1) is 38.0. The van der Waals surface area contributed by atoms with Gasteiger partial charge in [-0.2, -0.15) is 0 Å². The molecular weight excluding hydrogens is 949 g/mol. The van der Waals surface area contributed by atoms with Gasteiger partial charge in [0.25, 0.3) is 0 Å². The molecule has 0 saturated heterocycles. The lowest BCUT2D eigenvalue weighted by Crippen LogP contribution is -2.30. The van der Waals surface area contributed by atoms with Crippen molar-refractivity contribution in [1.82, 2.24) is 0 Å². The fourth-order valence-corrected chi connectivity index (χ4v) is 9.33. The van der Waals surface area contributed by atoms with Gasteiger partial charge in [-0.1, -0.05) is 273 Å². The number of hydrogen-bond donors (Lipinski definition) is 0. The second-order valence-corrected chi connectivity index (χ2v) is 22.0. The number of carbonyl (C=O) groups excluding carboxylic acids is 3. The van der Waals surface area contributed by atoms with Crippen molar-refractivity contribution in [2.45, 2.75) is 335 Å². The van der Waals surface area contributed by atoms with E-state index in [2.05, 4.69) is 106 Å². The zero-order valence-corrected chi connectivity index (χ0v) is 51.0. The van der Waals surface area contributed by atoms with Gasteiger partial charge in [-0.3, -0.25) is 14.4 Å². The molecule has 0 aromatic heterocycles. The maximum absolute atomic E-state index is 12.9. The van der Waals surface area contributed by atoms with E-state index in [1.165, 1.54) is 199 Å². The molecule has 77 heavy (non-hydrogen) atoms. The van der Waals surface area contributed by atoms with Crippen LogP contribution in [0.2, 0.25) is 0 Å². The van der Waals surface area contributed by atoms with Gasteiger partial charge in [0.1, 0.15) is 13.2 Å². The summed E-state index contributed by atoms with van der Waals surface area (Å²) in [5.41, 5.74) is 0. The fourth-order valence-electron chi connectivity index (χ4n) is 9.33. The second kappa shape index (κ2) is 65.1.